The first-order valence-corrected chi connectivity index (χ1v) is 9.02. The lowest BCUT2D eigenvalue weighted by molar-refractivity contribution is -0.111. The Morgan fingerprint density at radius 1 is 1.31 bits per heavy atom. The fourth-order valence-corrected chi connectivity index (χ4v) is 2.88. The number of anilines is 1. The van der Waals surface area contributed by atoms with E-state index in [1.54, 1.807) is 24.3 Å². The average molecular weight is 465 g/mol. The number of carbonyl (C=O) groups excluding carboxylic acids is 1. The van der Waals surface area contributed by atoms with E-state index in [0.29, 0.717) is 11.4 Å². The number of para-hydroxylation sites is 1. The molecule has 10 heteroatoms. The number of hydrogen-bond donors (Lipinski definition) is 1. The van der Waals surface area contributed by atoms with Crippen molar-refractivity contribution in [2.45, 2.75) is 6.61 Å². The first kappa shape index (κ1) is 20.5. The molecular weight excluding hydrogens is 450 g/mol. The summed E-state index contributed by atoms with van der Waals surface area (Å²) in [5, 5.41) is 6.79. The smallest absolute Gasteiger partial charge is 0.387 e. The van der Waals surface area contributed by atoms with Gasteiger partial charge in [-0.3, -0.25) is 4.79 Å². The van der Waals surface area contributed by atoms with E-state index in [1.807, 2.05) is 0 Å². The summed E-state index contributed by atoms with van der Waals surface area (Å²) in [6, 6.07) is 9.89. The van der Waals surface area contributed by atoms with Gasteiger partial charge in [0, 0.05) is 16.1 Å². The molecule has 1 amide bonds. The van der Waals surface area contributed by atoms with Gasteiger partial charge >= 0.3 is 6.61 Å². The van der Waals surface area contributed by atoms with Gasteiger partial charge in [-0.1, -0.05) is 28.1 Å². The molecule has 0 saturated carbocycles. The highest BCUT2D eigenvalue weighted by Gasteiger charge is 2.14. The fourth-order valence-electron chi connectivity index (χ4n) is 2.52. The van der Waals surface area contributed by atoms with Gasteiger partial charge in [0.2, 0.25) is 5.91 Å². The van der Waals surface area contributed by atoms with Crippen LogP contribution in [0.5, 0.6) is 11.5 Å². The minimum Gasteiger partial charge on any atom is -0.493 e. The molecule has 0 atom stereocenters. The van der Waals surface area contributed by atoms with Crippen LogP contribution in [0.1, 0.15) is 5.56 Å². The first-order valence-electron chi connectivity index (χ1n) is 8.23. The Balaban J connectivity index is 1.84. The second kappa shape index (κ2) is 9.28. The van der Waals surface area contributed by atoms with Gasteiger partial charge < -0.3 is 14.8 Å². The third-order valence-corrected chi connectivity index (χ3v) is 4.23. The van der Waals surface area contributed by atoms with Crippen LogP contribution in [0.3, 0.4) is 0 Å². The molecule has 0 spiro atoms. The van der Waals surface area contributed by atoms with Gasteiger partial charge in [-0.25, -0.2) is 9.67 Å². The summed E-state index contributed by atoms with van der Waals surface area (Å²) in [6.45, 7) is -3.03. The van der Waals surface area contributed by atoms with Crippen molar-refractivity contribution in [1.82, 2.24) is 14.8 Å². The van der Waals surface area contributed by atoms with Gasteiger partial charge in [0.15, 0.2) is 11.5 Å². The Morgan fingerprint density at radius 3 is 2.83 bits per heavy atom. The van der Waals surface area contributed by atoms with Crippen LogP contribution >= 0.6 is 15.9 Å². The van der Waals surface area contributed by atoms with Crippen molar-refractivity contribution >= 4 is 33.6 Å². The maximum atomic E-state index is 12.7. The molecule has 3 aromatic rings. The molecule has 0 aliphatic carbocycles. The van der Waals surface area contributed by atoms with Gasteiger partial charge in [0.25, 0.3) is 0 Å². The predicted molar refractivity (Wildman–Crippen MR) is 106 cm³/mol. The minimum absolute atomic E-state index is 0.133. The van der Waals surface area contributed by atoms with Gasteiger partial charge in [-0.15, -0.1) is 0 Å². The molecule has 0 fully saturated rings. The van der Waals surface area contributed by atoms with Crippen molar-refractivity contribution < 1.29 is 23.0 Å². The number of methoxy groups -OCH3 is 1. The number of ether oxygens (including phenoxy) is 2. The summed E-state index contributed by atoms with van der Waals surface area (Å²) in [4.78, 5) is 16.3. The van der Waals surface area contributed by atoms with E-state index in [-0.39, 0.29) is 17.1 Å². The van der Waals surface area contributed by atoms with Crippen molar-refractivity contribution in [2.24, 2.45) is 0 Å². The zero-order valence-corrected chi connectivity index (χ0v) is 16.6. The molecule has 1 N–H and O–H groups in total. The zero-order chi connectivity index (χ0) is 20.8. The molecule has 1 heterocycles. The molecule has 150 valence electrons. The summed E-state index contributed by atoms with van der Waals surface area (Å²) in [6.07, 6.45) is 5.45. The largest absolute Gasteiger partial charge is 0.493 e. The molecule has 0 bridgehead atoms. The second-order valence-electron chi connectivity index (χ2n) is 5.58. The minimum atomic E-state index is -3.03. The molecule has 2 aromatic carbocycles. The molecule has 0 unspecified atom stereocenters. The normalized spacial score (nSPS) is 11.1. The van der Waals surface area contributed by atoms with Crippen LogP contribution in [-0.4, -0.2) is 34.4 Å². The van der Waals surface area contributed by atoms with Gasteiger partial charge in [0.1, 0.15) is 12.7 Å². The highest BCUT2D eigenvalue weighted by atomic mass is 79.9. The Hall–Kier alpha value is -3.27. The molecule has 29 heavy (non-hydrogen) atoms. The number of alkyl halides is 2. The van der Waals surface area contributed by atoms with Crippen molar-refractivity contribution in [3.8, 4) is 17.2 Å². The molecule has 0 aliphatic rings. The van der Waals surface area contributed by atoms with Crippen LogP contribution in [0.2, 0.25) is 0 Å². The van der Waals surface area contributed by atoms with E-state index >= 15 is 0 Å². The lowest BCUT2D eigenvalue weighted by Crippen LogP contribution is -2.11. The van der Waals surface area contributed by atoms with Crippen LogP contribution in [0.25, 0.3) is 11.8 Å². The van der Waals surface area contributed by atoms with Crippen LogP contribution in [0, 0.1) is 0 Å². The van der Waals surface area contributed by atoms with E-state index < -0.39 is 12.5 Å². The highest BCUT2D eigenvalue weighted by molar-refractivity contribution is 9.10. The molecule has 7 nitrogen and oxygen atoms in total. The number of carbonyl (C=O) groups is 1. The number of nitrogens with zero attached hydrogens (tertiary/aromatic N) is 3. The van der Waals surface area contributed by atoms with Crippen LogP contribution < -0.4 is 14.8 Å². The third-order valence-electron chi connectivity index (χ3n) is 3.73. The summed E-state index contributed by atoms with van der Waals surface area (Å²) in [5.41, 5.74) is 1.36. The Kier molecular flexibility index (Phi) is 6.55. The molecule has 0 aliphatic heterocycles. The summed E-state index contributed by atoms with van der Waals surface area (Å²) in [5.74, 6) is -0.497. The number of hydrogen-bond acceptors (Lipinski definition) is 5. The van der Waals surface area contributed by atoms with E-state index in [0.717, 1.165) is 4.47 Å². The maximum absolute atomic E-state index is 12.7. The Bertz CT molecular complexity index is 1030. The predicted octanol–water partition coefficient (Wildman–Crippen LogP) is 4.29. The number of aromatic nitrogens is 3. The standard InChI is InChI=1S/C19H15BrF2N4O3/c1-28-16-4-2-3-12(18(16)29-19(21)22)5-8-17(27)25-14-9-13(20)6-7-15(14)26-11-23-10-24-26/h2-11,19H,1H3,(H,25,27)/b8-5+. The lowest BCUT2D eigenvalue weighted by atomic mass is 10.1. The SMILES string of the molecule is COc1cccc(/C=C/C(=O)Nc2cc(Br)ccc2-n2cncn2)c1OC(F)F. The molecule has 1 aromatic heterocycles. The third kappa shape index (κ3) is 5.17. The van der Waals surface area contributed by atoms with Crippen LogP contribution in [-0.2, 0) is 4.79 Å². The number of benzene rings is 2. The lowest BCUT2D eigenvalue weighted by Gasteiger charge is -2.12. The first-order chi connectivity index (χ1) is 14.0. The van der Waals surface area contributed by atoms with Crippen LogP contribution in [0.15, 0.2) is 59.6 Å². The summed E-state index contributed by atoms with van der Waals surface area (Å²) < 4.78 is 37.3. The maximum Gasteiger partial charge on any atom is 0.387 e. The van der Waals surface area contributed by atoms with E-state index in [9.17, 15) is 13.6 Å². The number of amides is 1. The van der Waals surface area contributed by atoms with Gasteiger partial charge in [-0.05, 0) is 30.3 Å². The topological polar surface area (TPSA) is 78.3 Å². The second-order valence-corrected chi connectivity index (χ2v) is 6.50. The van der Waals surface area contributed by atoms with Crippen LogP contribution in [0.4, 0.5) is 14.5 Å². The summed E-state index contributed by atoms with van der Waals surface area (Å²) >= 11 is 3.36. The van der Waals surface area contributed by atoms with E-state index in [1.165, 1.54) is 48.7 Å². The number of halogens is 3. The van der Waals surface area contributed by atoms with Gasteiger partial charge in [-0.2, -0.15) is 13.9 Å². The van der Waals surface area contributed by atoms with Crippen molar-refractivity contribution in [2.75, 3.05) is 12.4 Å². The molecule has 3 rings (SSSR count). The molecule has 0 radical (unpaired) electrons. The highest BCUT2D eigenvalue weighted by Crippen LogP contribution is 2.33. The molecular formula is C19H15BrF2N4O3. The number of nitrogens with one attached hydrogen (secondary N) is 1. The van der Waals surface area contributed by atoms with Crippen molar-refractivity contribution in [1.29, 1.82) is 0 Å². The van der Waals surface area contributed by atoms with Crippen molar-refractivity contribution in [3.05, 3.63) is 65.2 Å². The zero-order valence-electron chi connectivity index (χ0n) is 15.1. The van der Waals surface area contributed by atoms with Crippen molar-refractivity contribution in [3.63, 3.8) is 0 Å². The fraction of sp³-hybridized carbons (Fsp3) is 0.105. The van der Waals surface area contributed by atoms with Gasteiger partial charge in [0.05, 0.1) is 18.5 Å². The van der Waals surface area contributed by atoms with E-state index in [4.69, 9.17) is 4.74 Å². The monoisotopic (exact) mass is 464 g/mol. The number of rotatable bonds is 7. The molecule has 0 saturated heterocycles. The Labute approximate surface area is 173 Å². The average Bonchev–Trinajstić information content (AvgIpc) is 3.21. The quantitative estimate of drug-likeness (QED) is 0.527. The summed E-state index contributed by atoms with van der Waals surface area (Å²) in [7, 11) is 1.34. The Morgan fingerprint density at radius 2 is 2.14 bits per heavy atom. The van der Waals surface area contributed by atoms with E-state index in [2.05, 4.69) is 36.1 Å².